The van der Waals surface area contributed by atoms with Gasteiger partial charge in [-0.2, -0.15) is 0 Å². The fourth-order valence-electron chi connectivity index (χ4n) is 5.25. The van der Waals surface area contributed by atoms with Crippen LogP contribution >= 0.6 is 0 Å². The van der Waals surface area contributed by atoms with E-state index in [2.05, 4.69) is 13.8 Å². The second-order valence-electron chi connectivity index (χ2n) is 11.5. The van der Waals surface area contributed by atoms with E-state index in [-0.39, 0.29) is 12.1 Å². The number of carbonyl (C=O) groups excluding carboxylic acids is 2. The van der Waals surface area contributed by atoms with Crippen LogP contribution in [0.4, 0.5) is 0 Å². The maximum atomic E-state index is 12.2. The average molecular weight is 523 g/mol. The topological polar surface area (TPSA) is 43.4 Å². The number of unbranched alkanes of at least 4 members (excludes halogenated alkanes) is 24. The highest BCUT2D eigenvalue weighted by Crippen LogP contribution is 2.16. The van der Waals surface area contributed by atoms with Crippen molar-refractivity contribution in [2.45, 2.75) is 206 Å². The van der Waals surface area contributed by atoms with Crippen LogP contribution in [0.2, 0.25) is 0 Å². The van der Waals surface area contributed by atoms with Crippen molar-refractivity contribution in [3.8, 4) is 0 Å². The van der Waals surface area contributed by atoms with Crippen molar-refractivity contribution in [2.75, 3.05) is 0 Å². The van der Waals surface area contributed by atoms with Gasteiger partial charge in [0.05, 0.1) is 0 Å². The average Bonchev–Trinajstić information content (AvgIpc) is 2.89. The molecule has 0 aromatic rings. The molecule has 220 valence electrons. The SMILES string of the molecule is CCCCCCCCCCCCCCCCCCC(=O)OC(CC=O)CCCCCCCCCCCC. The standard InChI is InChI=1S/C34H66O3/c1-3-5-7-9-11-13-15-16-17-18-19-20-22-24-26-28-30-34(36)37-33(31-32-35)29-27-25-23-21-14-12-10-8-6-4-2/h32-33H,3-31H2,1-2H3. The van der Waals surface area contributed by atoms with E-state index in [9.17, 15) is 9.59 Å². The van der Waals surface area contributed by atoms with Crippen molar-refractivity contribution >= 4 is 12.3 Å². The summed E-state index contributed by atoms with van der Waals surface area (Å²) in [6, 6.07) is 0. The van der Waals surface area contributed by atoms with Crippen molar-refractivity contribution in [3.63, 3.8) is 0 Å². The molecule has 0 aliphatic carbocycles. The normalized spacial score (nSPS) is 12.1. The Bertz CT molecular complexity index is 462. The van der Waals surface area contributed by atoms with Crippen molar-refractivity contribution in [3.05, 3.63) is 0 Å². The van der Waals surface area contributed by atoms with E-state index in [0.717, 1.165) is 32.0 Å². The summed E-state index contributed by atoms with van der Waals surface area (Å²) in [7, 11) is 0. The molecule has 1 atom stereocenters. The van der Waals surface area contributed by atoms with Gasteiger partial charge in [-0.25, -0.2) is 0 Å². The molecule has 0 saturated heterocycles. The maximum Gasteiger partial charge on any atom is 0.306 e. The fraction of sp³-hybridized carbons (Fsp3) is 0.941. The summed E-state index contributed by atoms with van der Waals surface area (Å²) in [5.41, 5.74) is 0. The van der Waals surface area contributed by atoms with Gasteiger partial charge in [-0.1, -0.05) is 168 Å². The molecule has 0 spiro atoms. The maximum absolute atomic E-state index is 12.2. The Hall–Kier alpha value is -0.860. The highest BCUT2D eigenvalue weighted by molar-refractivity contribution is 5.69. The molecule has 37 heavy (non-hydrogen) atoms. The van der Waals surface area contributed by atoms with E-state index < -0.39 is 0 Å². The van der Waals surface area contributed by atoms with E-state index in [1.165, 1.54) is 148 Å². The molecule has 0 heterocycles. The zero-order valence-corrected chi connectivity index (χ0v) is 25.4. The molecule has 0 N–H and O–H groups in total. The second kappa shape index (κ2) is 31.4. The van der Waals surface area contributed by atoms with Crippen molar-refractivity contribution in [2.24, 2.45) is 0 Å². The zero-order chi connectivity index (χ0) is 27.1. The number of esters is 1. The van der Waals surface area contributed by atoms with Crippen LogP contribution in [0.15, 0.2) is 0 Å². The third-order valence-electron chi connectivity index (χ3n) is 7.77. The predicted molar refractivity (Wildman–Crippen MR) is 161 cm³/mol. The summed E-state index contributed by atoms with van der Waals surface area (Å²) in [5, 5.41) is 0. The van der Waals surface area contributed by atoms with Crippen LogP contribution in [0.25, 0.3) is 0 Å². The van der Waals surface area contributed by atoms with Crippen LogP contribution in [-0.4, -0.2) is 18.4 Å². The molecule has 0 aromatic heterocycles. The quantitative estimate of drug-likeness (QED) is 0.0516. The van der Waals surface area contributed by atoms with E-state index >= 15 is 0 Å². The largest absolute Gasteiger partial charge is 0.462 e. The molecule has 0 rings (SSSR count). The fourth-order valence-corrected chi connectivity index (χ4v) is 5.25. The Labute approximate surface area is 232 Å². The minimum absolute atomic E-state index is 0.107. The monoisotopic (exact) mass is 523 g/mol. The van der Waals surface area contributed by atoms with Gasteiger partial charge in [0.1, 0.15) is 12.4 Å². The van der Waals surface area contributed by atoms with Crippen molar-refractivity contribution in [1.82, 2.24) is 0 Å². The van der Waals surface area contributed by atoms with Gasteiger partial charge in [0, 0.05) is 12.8 Å². The number of carbonyl (C=O) groups is 2. The van der Waals surface area contributed by atoms with Crippen LogP contribution in [0.5, 0.6) is 0 Å². The van der Waals surface area contributed by atoms with E-state index in [1.807, 2.05) is 0 Å². The van der Waals surface area contributed by atoms with Crippen LogP contribution in [-0.2, 0) is 14.3 Å². The van der Waals surface area contributed by atoms with Gasteiger partial charge in [0.15, 0.2) is 0 Å². The lowest BCUT2D eigenvalue weighted by molar-refractivity contribution is -0.150. The van der Waals surface area contributed by atoms with E-state index in [4.69, 9.17) is 4.74 Å². The summed E-state index contributed by atoms with van der Waals surface area (Å²) < 4.78 is 5.63. The Morgan fingerprint density at radius 3 is 1.19 bits per heavy atom. The van der Waals surface area contributed by atoms with Crippen molar-refractivity contribution in [1.29, 1.82) is 0 Å². The lowest BCUT2D eigenvalue weighted by atomic mass is 10.0. The second-order valence-corrected chi connectivity index (χ2v) is 11.5. The molecule has 0 aromatic carbocycles. The molecule has 0 fully saturated rings. The first-order valence-corrected chi connectivity index (χ1v) is 16.9. The summed E-state index contributed by atoms with van der Waals surface area (Å²) in [6.07, 6.45) is 36.7. The number of aldehydes is 1. The van der Waals surface area contributed by atoms with Crippen LogP contribution in [0.3, 0.4) is 0 Å². The van der Waals surface area contributed by atoms with Gasteiger partial charge in [-0.3, -0.25) is 4.79 Å². The number of ether oxygens (including phenoxy) is 1. The summed E-state index contributed by atoms with van der Waals surface area (Å²) in [5.74, 6) is -0.107. The van der Waals surface area contributed by atoms with E-state index in [0.29, 0.717) is 12.8 Å². The molecule has 0 radical (unpaired) electrons. The van der Waals surface area contributed by atoms with Gasteiger partial charge in [-0.15, -0.1) is 0 Å². The first-order valence-electron chi connectivity index (χ1n) is 16.9. The highest BCUT2D eigenvalue weighted by Gasteiger charge is 2.13. The molecule has 1 unspecified atom stereocenters. The summed E-state index contributed by atoms with van der Waals surface area (Å²) in [4.78, 5) is 23.2. The molecule has 3 nitrogen and oxygen atoms in total. The smallest absolute Gasteiger partial charge is 0.306 e. The molecule has 0 bridgehead atoms. The molecular formula is C34H66O3. The molecule has 0 amide bonds. The van der Waals surface area contributed by atoms with Crippen molar-refractivity contribution < 1.29 is 14.3 Å². The third kappa shape index (κ3) is 29.5. The Morgan fingerprint density at radius 2 is 0.838 bits per heavy atom. The number of rotatable bonds is 31. The summed E-state index contributed by atoms with van der Waals surface area (Å²) >= 11 is 0. The lowest BCUT2D eigenvalue weighted by Gasteiger charge is -2.15. The molecule has 0 aliphatic heterocycles. The van der Waals surface area contributed by atoms with Crippen LogP contribution in [0, 0.1) is 0 Å². The predicted octanol–water partition coefficient (Wildman–Crippen LogP) is 11.4. The van der Waals surface area contributed by atoms with Gasteiger partial charge in [0.2, 0.25) is 0 Å². The number of hydrogen-bond donors (Lipinski definition) is 0. The van der Waals surface area contributed by atoms with Gasteiger partial charge in [-0.05, 0) is 19.3 Å². The van der Waals surface area contributed by atoms with Gasteiger partial charge in [0.25, 0.3) is 0 Å². The van der Waals surface area contributed by atoms with Gasteiger partial charge < -0.3 is 9.53 Å². The van der Waals surface area contributed by atoms with Crippen LogP contribution < -0.4 is 0 Å². The van der Waals surface area contributed by atoms with Crippen LogP contribution in [0.1, 0.15) is 200 Å². The first kappa shape index (κ1) is 36.1. The molecule has 3 heteroatoms. The first-order chi connectivity index (χ1) is 18.2. The highest BCUT2D eigenvalue weighted by atomic mass is 16.5. The zero-order valence-electron chi connectivity index (χ0n) is 25.4. The minimum atomic E-state index is -0.208. The van der Waals surface area contributed by atoms with E-state index in [1.54, 1.807) is 0 Å². The third-order valence-corrected chi connectivity index (χ3v) is 7.77. The molecule has 0 saturated carbocycles. The minimum Gasteiger partial charge on any atom is -0.462 e. The molecular weight excluding hydrogens is 456 g/mol. The Kier molecular flexibility index (Phi) is 30.6. The number of hydrogen-bond acceptors (Lipinski definition) is 3. The lowest BCUT2D eigenvalue weighted by Crippen LogP contribution is -2.18. The molecule has 0 aliphatic rings. The summed E-state index contributed by atoms with van der Waals surface area (Å²) in [6.45, 7) is 4.54. The Balaban J connectivity index is 3.49. The Morgan fingerprint density at radius 1 is 0.514 bits per heavy atom. The van der Waals surface area contributed by atoms with Gasteiger partial charge >= 0.3 is 5.97 Å².